The van der Waals surface area contributed by atoms with Crippen LogP contribution in [0.15, 0.2) is 24.3 Å². The number of likely N-dealkylation sites (N-methyl/N-ethyl adjacent to an activating group) is 1. The van der Waals surface area contributed by atoms with E-state index in [2.05, 4.69) is 15.4 Å². The standard InChI is InChI=1S/C20H29N3O7/c1-12(22-19(28)30-20(2,3)4)18(27)23(5)16(13-9-7-8-10-14(13)24)17(26)21-11-15(25)29-6/h7-10,12,16,24H,11H2,1-6H3,(H,21,26)(H,22,28). The van der Waals surface area contributed by atoms with Crippen molar-refractivity contribution in [2.75, 3.05) is 20.7 Å². The van der Waals surface area contributed by atoms with E-state index in [4.69, 9.17) is 4.74 Å². The molecule has 1 rings (SSSR count). The fourth-order valence-corrected chi connectivity index (χ4v) is 2.55. The molecule has 10 nitrogen and oxygen atoms in total. The number of amides is 3. The molecule has 0 saturated heterocycles. The molecule has 30 heavy (non-hydrogen) atoms. The van der Waals surface area contributed by atoms with Gasteiger partial charge in [-0.05, 0) is 33.8 Å². The Bertz CT molecular complexity index is 789. The number of methoxy groups -OCH3 is 1. The van der Waals surface area contributed by atoms with Crippen LogP contribution in [0.5, 0.6) is 5.75 Å². The molecule has 2 atom stereocenters. The second-order valence-corrected chi connectivity index (χ2v) is 7.57. The number of carbonyl (C=O) groups is 4. The number of aromatic hydroxyl groups is 1. The van der Waals surface area contributed by atoms with Crippen LogP contribution in [0.4, 0.5) is 4.79 Å². The first-order valence-electron chi connectivity index (χ1n) is 9.26. The molecule has 2 unspecified atom stereocenters. The van der Waals surface area contributed by atoms with Gasteiger partial charge in [0.2, 0.25) is 11.8 Å². The Labute approximate surface area is 175 Å². The van der Waals surface area contributed by atoms with Crippen molar-refractivity contribution < 1.29 is 33.8 Å². The molecule has 0 fully saturated rings. The summed E-state index contributed by atoms with van der Waals surface area (Å²) in [6.45, 7) is 6.09. The van der Waals surface area contributed by atoms with E-state index in [1.807, 2.05) is 0 Å². The van der Waals surface area contributed by atoms with Crippen molar-refractivity contribution in [3.63, 3.8) is 0 Å². The van der Waals surface area contributed by atoms with Gasteiger partial charge in [-0.25, -0.2) is 4.79 Å². The Morgan fingerprint density at radius 1 is 1.17 bits per heavy atom. The molecule has 3 N–H and O–H groups in total. The normalized spacial score (nSPS) is 12.9. The maximum absolute atomic E-state index is 12.9. The Balaban J connectivity index is 3.06. The fraction of sp³-hybridized carbons (Fsp3) is 0.500. The second-order valence-electron chi connectivity index (χ2n) is 7.57. The molecule has 0 aromatic heterocycles. The average molecular weight is 423 g/mol. The predicted octanol–water partition coefficient (Wildman–Crippen LogP) is 1.09. The molecule has 0 saturated carbocycles. The highest BCUT2D eigenvalue weighted by molar-refractivity contribution is 5.93. The van der Waals surface area contributed by atoms with Crippen molar-refractivity contribution in [3.8, 4) is 5.75 Å². The molecule has 166 valence electrons. The lowest BCUT2D eigenvalue weighted by molar-refractivity contribution is -0.143. The highest BCUT2D eigenvalue weighted by Crippen LogP contribution is 2.28. The van der Waals surface area contributed by atoms with Crippen molar-refractivity contribution in [1.82, 2.24) is 15.5 Å². The summed E-state index contributed by atoms with van der Waals surface area (Å²) in [5.41, 5.74) is -0.592. The minimum Gasteiger partial charge on any atom is -0.508 e. The number of nitrogens with zero attached hydrogens (tertiary/aromatic N) is 1. The number of hydrogen-bond donors (Lipinski definition) is 3. The molecular weight excluding hydrogens is 394 g/mol. The Morgan fingerprint density at radius 3 is 2.30 bits per heavy atom. The minimum absolute atomic E-state index is 0.153. The van der Waals surface area contributed by atoms with Crippen molar-refractivity contribution in [3.05, 3.63) is 29.8 Å². The zero-order valence-corrected chi connectivity index (χ0v) is 18.0. The van der Waals surface area contributed by atoms with Gasteiger partial charge >= 0.3 is 12.1 Å². The van der Waals surface area contributed by atoms with E-state index in [0.29, 0.717) is 0 Å². The first-order valence-corrected chi connectivity index (χ1v) is 9.26. The number of phenolic OH excluding ortho intramolecular Hbond substituents is 1. The molecule has 0 aliphatic carbocycles. The van der Waals surface area contributed by atoms with Crippen LogP contribution in [0.25, 0.3) is 0 Å². The van der Waals surface area contributed by atoms with E-state index < -0.39 is 48.1 Å². The maximum atomic E-state index is 12.9. The van der Waals surface area contributed by atoms with Gasteiger partial charge in [0.25, 0.3) is 0 Å². The van der Waals surface area contributed by atoms with E-state index in [-0.39, 0.29) is 11.3 Å². The first kappa shape index (κ1) is 24.7. The van der Waals surface area contributed by atoms with Gasteiger partial charge in [-0.1, -0.05) is 18.2 Å². The maximum Gasteiger partial charge on any atom is 0.408 e. The summed E-state index contributed by atoms with van der Waals surface area (Å²) in [4.78, 5) is 50.0. The zero-order chi connectivity index (χ0) is 23.1. The number of benzene rings is 1. The van der Waals surface area contributed by atoms with E-state index in [1.54, 1.807) is 32.9 Å². The summed E-state index contributed by atoms with van der Waals surface area (Å²) in [7, 11) is 2.53. The van der Waals surface area contributed by atoms with Crippen molar-refractivity contribution in [2.24, 2.45) is 0 Å². The number of para-hydroxylation sites is 1. The van der Waals surface area contributed by atoms with Crippen molar-refractivity contribution >= 4 is 23.9 Å². The van der Waals surface area contributed by atoms with Gasteiger partial charge in [0.15, 0.2) is 0 Å². The Kier molecular flexibility index (Phi) is 8.63. The number of nitrogens with one attached hydrogen (secondary N) is 2. The fourth-order valence-electron chi connectivity index (χ4n) is 2.55. The number of phenols is 1. The smallest absolute Gasteiger partial charge is 0.408 e. The van der Waals surface area contributed by atoms with E-state index in [1.165, 1.54) is 33.2 Å². The molecule has 0 spiro atoms. The molecule has 0 aliphatic rings. The highest BCUT2D eigenvalue weighted by Gasteiger charge is 2.33. The SMILES string of the molecule is COC(=O)CNC(=O)C(c1ccccc1O)N(C)C(=O)C(C)NC(=O)OC(C)(C)C. The van der Waals surface area contributed by atoms with Crippen molar-refractivity contribution in [2.45, 2.75) is 45.4 Å². The number of alkyl carbamates (subject to hydrolysis) is 1. The molecular formula is C20H29N3O7. The summed E-state index contributed by atoms with van der Waals surface area (Å²) >= 11 is 0. The number of carbonyl (C=O) groups excluding carboxylic acids is 4. The number of esters is 1. The van der Waals surface area contributed by atoms with E-state index in [0.717, 1.165) is 4.90 Å². The van der Waals surface area contributed by atoms with E-state index in [9.17, 15) is 24.3 Å². The third kappa shape index (κ3) is 7.26. The van der Waals surface area contributed by atoms with Gasteiger partial charge in [0, 0.05) is 12.6 Å². The summed E-state index contributed by atoms with van der Waals surface area (Å²) in [6, 6.07) is 3.73. The van der Waals surface area contributed by atoms with Crippen LogP contribution >= 0.6 is 0 Å². The lowest BCUT2D eigenvalue weighted by Gasteiger charge is -2.30. The number of ether oxygens (including phenoxy) is 2. The molecule has 1 aromatic carbocycles. The zero-order valence-electron chi connectivity index (χ0n) is 18.0. The second kappa shape index (κ2) is 10.5. The van der Waals surface area contributed by atoms with Crippen LogP contribution < -0.4 is 10.6 Å². The lowest BCUT2D eigenvalue weighted by Crippen LogP contribution is -2.50. The van der Waals surface area contributed by atoms with Crippen LogP contribution in [0.1, 0.15) is 39.3 Å². The molecule has 1 aromatic rings. The van der Waals surface area contributed by atoms with Crippen LogP contribution in [0.3, 0.4) is 0 Å². The molecule has 10 heteroatoms. The van der Waals surface area contributed by atoms with E-state index >= 15 is 0 Å². The van der Waals surface area contributed by atoms with Crippen LogP contribution in [0.2, 0.25) is 0 Å². The number of rotatable bonds is 7. The van der Waals surface area contributed by atoms with Gasteiger partial charge in [0.05, 0.1) is 7.11 Å². The molecule has 0 radical (unpaired) electrons. The predicted molar refractivity (Wildman–Crippen MR) is 107 cm³/mol. The van der Waals surface area contributed by atoms with Crippen LogP contribution in [-0.4, -0.2) is 66.2 Å². The lowest BCUT2D eigenvalue weighted by atomic mass is 10.0. The summed E-state index contributed by atoms with van der Waals surface area (Å²) in [5.74, 6) is -2.19. The Hall–Kier alpha value is -3.30. The minimum atomic E-state index is -1.26. The molecule has 0 aliphatic heterocycles. The summed E-state index contributed by atoms with van der Waals surface area (Å²) in [6.07, 6.45) is -0.786. The van der Waals surface area contributed by atoms with Gasteiger partial charge in [0.1, 0.15) is 30.0 Å². The first-order chi connectivity index (χ1) is 13.9. The third-order valence-electron chi connectivity index (χ3n) is 3.95. The third-order valence-corrected chi connectivity index (χ3v) is 3.95. The topological polar surface area (TPSA) is 134 Å². The summed E-state index contributed by atoms with van der Waals surface area (Å²) in [5, 5.41) is 15.0. The molecule has 0 bridgehead atoms. The highest BCUT2D eigenvalue weighted by atomic mass is 16.6. The molecule has 0 heterocycles. The monoisotopic (exact) mass is 423 g/mol. The van der Waals surface area contributed by atoms with Gasteiger partial charge in [-0.3, -0.25) is 14.4 Å². The largest absolute Gasteiger partial charge is 0.508 e. The van der Waals surface area contributed by atoms with Gasteiger partial charge in [-0.2, -0.15) is 0 Å². The van der Waals surface area contributed by atoms with Gasteiger partial charge < -0.3 is 30.1 Å². The van der Waals surface area contributed by atoms with Crippen LogP contribution in [0, 0.1) is 0 Å². The summed E-state index contributed by atoms with van der Waals surface area (Å²) < 4.78 is 9.63. The van der Waals surface area contributed by atoms with Crippen molar-refractivity contribution in [1.29, 1.82) is 0 Å². The molecule has 3 amide bonds. The van der Waals surface area contributed by atoms with Gasteiger partial charge in [-0.15, -0.1) is 0 Å². The quantitative estimate of drug-likeness (QED) is 0.559. The number of hydrogen-bond acceptors (Lipinski definition) is 7. The van der Waals surface area contributed by atoms with Crippen LogP contribution in [-0.2, 0) is 23.9 Å². The Morgan fingerprint density at radius 2 is 1.77 bits per heavy atom. The average Bonchev–Trinajstić information content (AvgIpc) is 2.65.